The SMILES string of the molecule is COCc1nc(C(=O)NC(C)(CO)C2CC2)cs1. The van der Waals surface area contributed by atoms with Crippen LogP contribution in [0.1, 0.15) is 35.3 Å². The van der Waals surface area contributed by atoms with Crippen molar-refractivity contribution < 1.29 is 14.6 Å². The summed E-state index contributed by atoms with van der Waals surface area (Å²) >= 11 is 1.40. The first kappa shape index (κ1) is 13.5. The standard InChI is InChI=1S/C12H18N2O3S/c1-12(7-15,8-3-4-8)14-11(16)9-6-18-10(13-9)5-17-2/h6,8,15H,3-5,7H2,1-2H3,(H,14,16). The van der Waals surface area contributed by atoms with E-state index in [1.165, 1.54) is 11.3 Å². The smallest absolute Gasteiger partial charge is 0.271 e. The van der Waals surface area contributed by atoms with Gasteiger partial charge in [-0.2, -0.15) is 0 Å². The summed E-state index contributed by atoms with van der Waals surface area (Å²) in [5.74, 6) is 0.153. The molecule has 1 saturated carbocycles. The first-order valence-corrected chi connectivity index (χ1v) is 6.83. The third-order valence-corrected chi connectivity index (χ3v) is 4.08. The molecule has 1 aromatic rings. The fourth-order valence-corrected chi connectivity index (χ4v) is 2.66. The quantitative estimate of drug-likeness (QED) is 0.814. The van der Waals surface area contributed by atoms with Crippen LogP contribution in [-0.2, 0) is 11.3 Å². The number of aliphatic hydroxyl groups is 1. The lowest BCUT2D eigenvalue weighted by Gasteiger charge is -2.28. The highest BCUT2D eigenvalue weighted by Gasteiger charge is 2.42. The summed E-state index contributed by atoms with van der Waals surface area (Å²) < 4.78 is 4.97. The average molecular weight is 270 g/mol. The maximum absolute atomic E-state index is 12.1. The maximum Gasteiger partial charge on any atom is 0.271 e. The van der Waals surface area contributed by atoms with E-state index in [0.29, 0.717) is 18.2 Å². The molecule has 1 amide bonds. The highest BCUT2D eigenvalue weighted by molar-refractivity contribution is 7.09. The predicted molar refractivity (Wildman–Crippen MR) is 68.5 cm³/mol. The third-order valence-electron chi connectivity index (χ3n) is 3.26. The van der Waals surface area contributed by atoms with Crippen LogP contribution in [-0.4, -0.2) is 35.3 Å². The molecule has 0 spiro atoms. The van der Waals surface area contributed by atoms with Crippen LogP contribution in [0.2, 0.25) is 0 Å². The molecule has 2 rings (SSSR count). The summed E-state index contributed by atoms with van der Waals surface area (Å²) in [7, 11) is 1.59. The molecule has 2 N–H and O–H groups in total. The lowest BCUT2D eigenvalue weighted by atomic mass is 9.97. The summed E-state index contributed by atoms with van der Waals surface area (Å²) in [6, 6.07) is 0. The Kier molecular flexibility index (Phi) is 3.99. The zero-order valence-corrected chi connectivity index (χ0v) is 11.4. The highest BCUT2D eigenvalue weighted by atomic mass is 32.1. The molecule has 1 atom stereocenters. The van der Waals surface area contributed by atoms with E-state index >= 15 is 0 Å². The minimum absolute atomic E-state index is 0.0432. The molecule has 1 aromatic heterocycles. The molecule has 100 valence electrons. The topological polar surface area (TPSA) is 71.5 Å². The third kappa shape index (κ3) is 2.88. The minimum atomic E-state index is -0.526. The van der Waals surface area contributed by atoms with Gasteiger partial charge in [-0.15, -0.1) is 11.3 Å². The number of ether oxygens (including phenoxy) is 1. The van der Waals surface area contributed by atoms with Crippen molar-refractivity contribution in [1.29, 1.82) is 0 Å². The van der Waals surface area contributed by atoms with Gasteiger partial charge in [-0.3, -0.25) is 4.79 Å². The predicted octanol–water partition coefficient (Wildman–Crippen LogP) is 1.18. The molecule has 0 aliphatic heterocycles. The van der Waals surface area contributed by atoms with Crippen LogP contribution in [0.3, 0.4) is 0 Å². The minimum Gasteiger partial charge on any atom is -0.394 e. The van der Waals surface area contributed by atoms with Crippen LogP contribution in [0.15, 0.2) is 5.38 Å². The van der Waals surface area contributed by atoms with E-state index in [2.05, 4.69) is 10.3 Å². The second-order valence-electron chi connectivity index (χ2n) is 4.86. The number of methoxy groups -OCH3 is 1. The summed E-state index contributed by atoms with van der Waals surface area (Å²) in [5.41, 5.74) is -0.130. The van der Waals surface area contributed by atoms with Crippen LogP contribution in [0.25, 0.3) is 0 Å². The Labute approximate surface area is 110 Å². The van der Waals surface area contributed by atoms with Gasteiger partial charge >= 0.3 is 0 Å². The van der Waals surface area contributed by atoms with Crippen molar-refractivity contribution in [3.63, 3.8) is 0 Å². The lowest BCUT2D eigenvalue weighted by Crippen LogP contribution is -2.50. The second-order valence-corrected chi connectivity index (χ2v) is 5.81. The number of carbonyl (C=O) groups excluding carboxylic acids is 1. The number of aromatic nitrogens is 1. The van der Waals surface area contributed by atoms with Gasteiger partial charge in [0.15, 0.2) is 0 Å². The molecular weight excluding hydrogens is 252 g/mol. The molecule has 1 fully saturated rings. The fourth-order valence-electron chi connectivity index (χ4n) is 1.92. The normalized spacial score (nSPS) is 18.4. The Bertz CT molecular complexity index is 431. The van der Waals surface area contributed by atoms with Gasteiger partial charge in [0.05, 0.1) is 18.8 Å². The molecular formula is C12H18N2O3S. The van der Waals surface area contributed by atoms with Gasteiger partial charge in [-0.25, -0.2) is 4.98 Å². The molecule has 1 aliphatic rings. The Balaban J connectivity index is 2.01. The van der Waals surface area contributed by atoms with Crippen LogP contribution >= 0.6 is 11.3 Å². The van der Waals surface area contributed by atoms with Gasteiger partial charge in [0.1, 0.15) is 10.7 Å². The van der Waals surface area contributed by atoms with E-state index < -0.39 is 5.54 Å². The number of nitrogens with zero attached hydrogens (tertiary/aromatic N) is 1. The summed E-state index contributed by atoms with van der Waals surface area (Å²) in [6.07, 6.45) is 2.12. The van der Waals surface area contributed by atoms with Crippen molar-refractivity contribution in [2.45, 2.75) is 31.9 Å². The van der Waals surface area contributed by atoms with E-state index in [1.807, 2.05) is 6.92 Å². The molecule has 0 saturated heterocycles. The number of thiazole rings is 1. The summed E-state index contributed by atoms with van der Waals surface area (Å²) in [6.45, 7) is 2.25. The van der Waals surface area contributed by atoms with E-state index in [9.17, 15) is 9.90 Å². The molecule has 5 nitrogen and oxygen atoms in total. The van der Waals surface area contributed by atoms with E-state index in [4.69, 9.17) is 4.74 Å². The van der Waals surface area contributed by atoms with Gasteiger partial charge in [0.25, 0.3) is 5.91 Å². The number of amides is 1. The van der Waals surface area contributed by atoms with Crippen molar-refractivity contribution in [1.82, 2.24) is 10.3 Å². The molecule has 1 unspecified atom stereocenters. The molecule has 1 aliphatic carbocycles. The van der Waals surface area contributed by atoms with Crippen molar-refractivity contribution in [3.05, 3.63) is 16.1 Å². The Morgan fingerprint density at radius 1 is 1.72 bits per heavy atom. The van der Waals surface area contributed by atoms with Crippen LogP contribution in [0.4, 0.5) is 0 Å². The van der Waals surface area contributed by atoms with Gasteiger partial charge < -0.3 is 15.2 Å². The molecule has 6 heteroatoms. The largest absolute Gasteiger partial charge is 0.394 e. The van der Waals surface area contributed by atoms with Crippen LogP contribution < -0.4 is 5.32 Å². The molecule has 0 bridgehead atoms. The highest BCUT2D eigenvalue weighted by Crippen LogP contribution is 2.39. The lowest BCUT2D eigenvalue weighted by molar-refractivity contribution is 0.0819. The first-order chi connectivity index (χ1) is 8.59. The number of carbonyl (C=O) groups is 1. The zero-order valence-electron chi connectivity index (χ0n) is 10.6. The van der Waals surface area contributed by atoms with Crippen LogP contribution in [0.5, 0.6) is 0 Å². The number of hydrogen-bond acceptors (Lipinski definition) is 5. The van der Waals surface area contributed by atoms with Crippen molar-refractivity contribution in [3.8, 4) is 0 Å². The second kappa shape index (κ2) is 5.34. The Morgan fingerprint density at radius 3 is 3.00 bits per heavy atom. The van der Waals surface area contributed by atoms with Gasteiger partial charge in [0.2, 0.25) is 0 Å². The maximum atomic E-state index is 12.1. The summed E-state index contributed by atoms with van der Waals surface area (Å²) in [4.78, 5) is 16.2. The Morgan fingerprint density at radius 2 is 2.44 bits per heavy atom. The van der Waals surface area contributed by atoms with Gasteiger partial charge in [-0.05, 0) is 25.7 Å². The Hall–Kier alpha value is -0.980. The fraction of sp³-hybridized carbons (Fsp3) is 0.667. The number of aliphatic hydroxyl groups excluding tert-OH is 1. The first-order valence-electron chi connectivity index (χ1n) is 5.96. The average Bonchev–Trinajstić information content (AvgIpc) is 3.11. The zero-order chi connectivity index (χ0) is 13.2. The van der Waals surface area contributed by atoms with Crippen molar-refractivity contribution >= 4 is 17.2 Å². The van der Waals surface area contributed by atoms with Crippen LogP contribution in [0, 0.1) is 5.92 Å². The van der Waals surface area contributed by atoms with Gasteiger partial charge in [0, 0.05) is 12.5 Å². The van der Waals surface area contributed by atoms with E-state index in [1.54, 1.807) is 12.5 Å². The van der Waals surface area contributed by atoms with E-state index in [-0.39, 0.29) is 12.5 Å². The number of rotatable bonds is 6. The van der Waals surface area contributed by atoms with Crippen molar-refractivity contribution in [2.75, 3.05) is 13.7 Å². The monoisotopic (exact) mass is 270 g/mol. The molecule has 0 radical (unpaired) electrons. The molecule has 18 heavy (non-hydrogen) atoms. The summed E-state index contributed by atoms with van der Waals surface area (Å²) in [5, 5.41) is 14.8. The van der Waals surface area contributed by atoms with Crippen molar-refractivity contribution in [2.24, 2.45) is 5.92 Å². The molecule has 1 heterocycles. The number of nitrogens with one attached hydrogen (secondary N) is 1. The van der Waals surface area contributed by atoms with E-state index in [0.717, 1.165) is 17.8 Å². The molecule has 0 aromatic carbocycles. The van der Waals surface area contributed by atoms with Gasteiger partial charge in [-0.1, -0.05) is 0 Å². The number of hydrogen-bond donors (Lipinski definition) is 2.